The number of carbonyl (C=O) groups excluding carboxylic acids is 1. The van der Waals surface area contributed by atoms with Crippen LogP contribution in [0.5, 0.6) is 11.5 Å². The molecule has 0 saturated heterocycles. The molecule has 1 saturated carbocycles. The molecule has 0 amide bonds. The van der Waals surface area contributed by atoms with Crippen molar-refractivity contribution < 1.29 is 14.3 Å². The molecule has 0 aromatic heterocycles. The van der Waals surface area contributed by atoms with Crippen LogP contribution in [0.25, 0.3) is 0 Å². The molecule has 1 fully saturated rings. The molecule has 4 rings (SSSR count). The zero-order valence-electron chi connectivity index (χ0n) is 17.9. The fourth-order valence-electron chi connectivity index (χ4n) is 4.70. The van der Waals surface area contributed by atoms with Crippen LogP contribution in [0.15, 0.2) is 78.9 Å². The second-order valence-corrected chi connectivity index (χ2v) is 8.93. The van der Waals surface area contributed by atoms with Gasteiger partial charge in [-0.25, -0.2) is 4.79 Å². The summed E-state index contributed by atoms with van der Waals surface area (Å²) in [7, 11) is 1.69. The highest BCUT2D eigenvalue weighted by atomic mass is 16.5. The van der Waals surface area contributed by atoms with Crippen molar-refractivity contribution in [1.29, 1.82) is 0 Å². The van der Waals surface area contributed by atoms with Crippen LogP contribution in [0.2, 0.25) is 0 Å². The predicted octanol–water partition coefficient (Wildman–Crippen LogP) is 6.41. The van der Waals surface area contributed by atoms with Gasteiger partial charge in [-0.2, -0.15) is 0 Å². The lowest BCUT2D eigenvalue weighted by molar-refractivity contribution is 0.0734. The van der Waals surface area contributed by atoms with Gasteiger partial charge in [-0.3, -0.25) is 0 Å². The van der Waals surface area contributed by atoms with Gasteiger partial charge < -0.3 is 9.47 Å². The van der Waals surface area contributed by atoms with Crippen molar-refractivity contribution in [3.8, 4) is 11.5 Å². The van der Waals surface area contributed by atoms with Crippen LogP contribution in [0.4, 0.5) is 0 Å². The van der Waals surface area contributed by atoms with Gasteiger partial charge in [0, 0.05) is 5.41 Å². The summed E-state index contributed by atoms with van der Waals surface area (Å²) in [6.07, 6.45) is 3.34. The van der Waals surface area contributed by atoms with Crippen LogP contribution >= 0.6 is 0 Å². The van der Waals surface area contributed by atoms with Crippen LogP contribution in [0, 0.1) is 5.41 Å². The van der Waals surface area contributed by atoms with Crippen molar-refractivity contribution >= 4 is 5.97 Å². The first kappa shape index (κ1) is 20.2. The van der Waals surface area contributed by atoms with Crippen LogP contribution in [-0.4, -0.2) is 13.1 Å². The molecule has 1 aliphatic rings. The average molecular weight is 401 g/mol. The summed E-state index contributed by atoms with van der Waals surface area (Å²) in [4.78, 5) is 12.4. The fraction of sp³-hybridized carbons (Fsp3) is 0.296. The van der Waals surface area contributed by atoms with E-state index in [9.17, 15) is 4.79 Å². The predicted molar refractivity (Wildman–Crippen MR) is 119 cm³/mol. The topological polar surface area (TPSA) is 35.5 Å². The molecule has 1 aliphatic carbocycles. The zero-order chi connectivity index (χ0) is 21.2. The first-order valence-electron chi connectivity index (χ1n) is 10.4. The van der Waals surface area contributed by atoms with Gasteiger partial charge in [-0.15, -0.1) is 0 Å². The number of carbonyl (C=O) groups is 1. The molecule has 0 heterocycles. The van der Waals surface area contributed by atoms with Crippen LogP contribution in [0.3, 0.4) is 0 Å². The first-order chi connectivity index (χ1) is 14.4. The van der Waals surface area contributed by atoms with E-state index in [2.05, 4.69) is 38.1 Å². The van der Waals surface area contributed by atoms with Gasteiger partial charge in [-0.05, 0) is 72.2 Å². The molecular weight excluding hydrogens is 372 g/mol. The lowest BCUT2D eigenvalue weighted by Crippen LogP contribution is -2.25. The van der Waals surface area contributed by atoms with Gasteiger partial charge in [0.2, 0.25) is 0 Å². The summed E-state index contributed by atoms with van der Waals surface area (Å²) < 4.78 is 10.9. The van der Waals surface area contributed by atoms with E-state index in [1.165, 1.54) is 17.5 Å². The molecule has 0 radical (unpaired) electrons. The van der Waals surface area contributed by atoms with Crippen molar-refractivity contribution in [3.05, 3.63) is 95.6 Å². The third-order valence-electron chi connectivity index (χ3n) is 6.28. The molecule has 30 heavy (non-hydrogen) atoms. The van der Waals surface area contributed by atoms with Crippen molar-refractivity contribution in [3.63, 3.8) is 0 Å². The minimum atomic E-state index is -0.338. The average Bonchev–Trinajstić information content (AvgIpc) is 3.11. The number of benzene rings is 3. The Morgan fingerprint density at radius 1 is 0.767 bits per heavy atom. The van der Waals surface area contributed by atoms with Gasteiger partial charge in [0.25, 0.3) is 0 Å². The third kappa shape index (κ3) is 3.97. The van der Waals surface area contributed by atoms with E-state index in [1.807, 2.05) is 42.5 Å². The lowest BCUT2D eigenvalue weighted by atomic mass is 9.71. The van der Waals surface area contributed by atoms with Crippen LogP contribution in [-0.2, 0) is 5.41 Å². The molecule has 3 aromatic carbocycles. The van der Waals surface area contributed by atoms with Crippen molar-refractivity contribution in [2.75, 3.05) is 7.11 Å². The number of ether oxygens (including phenoxy) is 2. The highest BCUT2D eigenvalue weighted by molar-refractivity contribution is 5.90. The van der Waals surface area contributed by atoms with Crippen molar-refractivity contribution in [2.45, 2.75) is 38.5 Å². The maximum atomic E-state index is 12.4. The Labute approximate surface area is 178 Å². The number of methoxy groups -OCH3 is 1. The van der Waals surface area contributed by atoms with Gasteiger partial charge in [-0.1, -0.05) is 56.3 Å². The minimum Gasteiger partial charge on any atom is -0.497 e. The summed E-state index contributed by atoms with van der Waals surface area (Å²) in [6, 6.07) is 25.6. The van der Waals surface area contributed by atoms with Crippen molar-refractivity contribution in [2.24, 2.45) is 5.41 Å². The molecule has 3 nitrogen and oxygen atoms in total. The zero-order valence-corrected chi connectivity index (χ0v) is 17.9. The van der Waals surface area contributed by atoms with E-state index < -0.39 is 0 Å². The highest BCUT2D eigenvalue weighted by Gasteiger charge is 2.45. The Hall–Kier alpha value is -3.07. The summed E-state index contributed by atoms with van der Waals surface area (Å²) in [5.41, 5.74) is 3.35. The van der Waals surface area contributed by atoms with Gasteiger partial charge in [0.1, 0.15) is 11.5 Å². The van der Waals surface area contributed by atoms with E-state index in [0.29, 0.717) is 11.3 Å². The lowest BCUT2D eigenvalue weighted by Gasteiger charge is -2.33. The first-order valence-corrected chi connectivity index (χ1v) is 10.4. The Bertz CT molecular complexity index is 1000. The maximum absolute atomic E-state index is 12.4. The van der Waals surface area contributed by atoms with E-state index in [4.69, 9.17) is 9.47 Å². The number of hydrogen-bond acceptors (Lipinski definition) is 3. The number of hydrogen-bond donors (Lipinski definition) is 0. The Kier molecular flexibility index (Phi) is 5.38. The standard InChI is InChI=1S/C27H28O3/c1-26(2)17-18-27(19-26,21-9-13-23(29-3)14-10-21)22-11-15-24(16-12-22)30-25(28)20-7-5-4-6-8-20/h4-16H,17-19H2,1-3H3. The summed E-state index contributed by atoms with van der Waals surface area (Å²) in [5, 5.41) is 0. The second kappa shape index (κ2) is 7.98. The molecule has 3 heteroatoms. The van der Waals surface area contributed by atoms with Gasteiger partial charge >= 0.3 is 5.97 Å². The largest absolute Gasteiger partial charge is 0.497 e. The molecule has 1 unspecified atom stereocenters. The molecule has 154 valence electrons. The van der Waals surface area contributed by atoms with E-state index in [-0.39, 0.29) is 16.8 Å². The third-order valence-corrected chi connectivity index (χ3v) is 6.28. The molecule has 0 spiro atoms. The normalized spacial score (nSPS) is 20.0. The highest BCUT2D eigenvalue weighted by Crippen LogP contribution is 2.54. The van der Waals surface area contributed by atoms with Crippen molar-refractivity contribution in [1.82, 2.24) is 0 Å². The Balaban J connectivity index is 1.62. The summed E-state index contributed by atoms with van der Waals surface area (Å²) in [5.74, 6) is 1.10. The Morgan fingerprint density at radius 3 is 1.83 bits per heavy atom. The van der Waals surface area contributed by atoms with Crippen LogP contribution in [0.1, 0.15) is 54.6 Å². The molecule has 3 aromatic rings. The quantitative estimate of drug-likeness (QED) is 0.367. The van der Waals surface area contributed by atoms with Gasteiger partial charge in [0.05, 0.1) is 12.7 Å². The fourth-order valence-corrected chi connectivity index (χ4v) is 4.70. The van der Waals surface area contributed by atoms with Crippen LogP contribution < -0.4 is 9.47 Å². The molecule has 0 N–H and O–H groups in total. The Morgan fingerprint density at radius 2 is 1.33 bits per heavy atom. The smallest absolute Gasteiger partial charge is 0.343 e. The van der Waals surface area contributed by atoms with Gasteiger partial charge in [0.15, 0.2) is 0 Å². The molecule has 1 atom stereocenters. The monoisotopic (exact) mass is 400 g/mol. The maximum Gasteiger partial charge on any atom is 0.343 e. The number of rotatable bonds is 5. The second-order valence-electron chi connectivity index (χ2n) is 8.93. The van der Waals surface area contributed by atoms with E-state index >= 15 is 0 Å². The number of esters is 1. The molecule has 0 aliphatic heterocycles. The minimum absolute atomic E-state index is 0.0439. The molecule has 0 bridgehead atoms. The summed E-state index contributed by atoms with van der Waals surface area (Å²) >= 11 is 0. The van der Waals surface area contributed by atoms with E-state index in [0.717, 1.165) is 18.6 Å². The van der Waals surface area contributed by atoms with E-state index in [1.54, 1.807) is 19.2 Å². The SMILES string of the molecule is COc1ccc(C2(c3ccc(OC(=O)c4ccccc4)cc3)CCC(C)(C)C2)cc1. The summed E-state index contributed by atoms with van der Waals surface area (Å²) in [6.45, 7) is 4.68. The molecular formula is C27H28O3.